The first-order valence-corrected chi connectivity index (χ1v) is 5.87. The van der Waals surface area contributed by atoms with E-state index < -0.39 is 11.5 Å². The van der Waals surface area contributed by atoms with Crippen LogP contribution in [-0.4, -0.2) is 26.9 Å². The van der Waals surface area contributed by atoms with Crippen LogP contribution in [0.2, 0.25) is 0 Å². The molecule has 1 aromatic rings. The third kappa shape index (κ3) is 4.09. The molecular weight excluding hydrogens is 311 g/mol. The van der Waals surface area contributed by atoms with Gasteiger partial charge >= 0.3 is 11.5 Å². The number of halogens is 4. The molecule has 1 N–H and O–H groups in total. The molecule has 0 saturated heterocycles. The van der Waals surface area contributed by atoms with E-state index in [1.807, 2.05) is 0 Å². The zero-order chi connectivity index (χ0) is 12.3. The number of aromatic carboxylic acids is 1. The van der Waals surface area contributed by atoms with Crippen LogP contribution in [0.15, 0.2) is 16.9 Å². The van der Waals surface area contributed by atoms with Crippen molar-refractivity contribution in [2.24, 2.45) is 0 Å². The van der Waals surface area contributed by atoms with Crippen LogP contribution in [0.5, 0.6) is 0 Å². The van der Waals surface area contributed by atoms with Gasteiger partial charge in [0.1, 0.15) is 0 Å². The summed E-state index contributed by atoms with van der Waals surface area (Å²) in [6, 6.07) is 1.35. The fourth-order valence-corrected chi connectivity index (χ4v) is 2.07. The molecule has 0 aromatic carbocycles. The van der Waals surface area contributed by atoms with Gasteiger partial charge in [0.15, 0.2) is 0 Å². The third-order valence-corrected chi connectivity index (χ3v) is 3.09. The molecule has 16 heavy (non-hydrogen) atoms. The minimum absolute atomic E-state index is 0.0453. The van der Waals surface area contributed by atoms with Gasteiger partial charge in [-0.3, -0.25) is 0 Å². The van der Waals surface area contributed by atoms with Gasteiger partial charge < -0.3 is 9.67 Å². The normalized spacial score (nSPS) is 11.8. The van der Waals surface area contributed by atoms with Crippen molar-refractivity contribution in [2.45, 2.75) is 12.1 Å². The predicted molar refractivity (Wildman–Crippen MR) is 57.6 cm³/mol. The van der Waals surface area contributed by atoms with E-state index in [1.165, 1.54) is 16.8 Å². The van der Waals surface area contributed by atoms with E-state index in [-0.39, 0.29) is 29.6 Å². The smallest absolute Gasteiger partial charge is 0.441 e. The standard InChI is InChI=1S/C8H7BrF3NO2S/c9-6-3-5(7(14)15)4-13(6)1-2-16-8(10,11)12/h3-4H,1-2H2,(H,14,15). The number of hydrogen-bond acceptors (Lipinski definition) is 2. The highest BCUT2D eigenvalue weighted by atomic mass is 79.9. The maximum Gasteiger partial charge on any atom is 0.441 e. The second-order valence-corrected chi connectivity index (χ2v) is 4.82. The summed E-state index contributed by atoms with van der Waals surface area (Å²) in [4.78, 5) is 10.6. The first-order valence-electron chi connectivity index (χ1n) is 4.09. The number of carboxylic acid groups (broad SMARTS) is 1. The van der Waals surface area contributed by atoms with E-state index in [4.69, 9.17) is 5.11 Å². The van der Waals surface area contributed by atoms with Crippen molar-refractivity contribution in [2.75, 3.05) is 5.75 Å². The first kappa shape index (κ1) is 13.4. The highest BCUT2D eigenvalue weighted by Crippen LogP contribution is 2.30. The number of hydrogen-bond donors (Lipinski definition) is 1. The molecule has 0 amide bonds. The molecule has 0 bridgehead atoms. The van der Waals surface area contributed by atoms with Gasteiger partial charge in [0.2, 0.25) is 0 Å². The van der Waals surface area contributed by atoms with Gasteiger partial charge in [-0.15, -0.1) is 0 Å². The van der Waals surface area contributed by atoms with Gasteiger partial charge in [-0.2, -0.15) is 13.2 Å². The molecule has 0 aliphatic rings. The Morgan fingerprint density at radius 3 is 2.62 bits per heavy atom. The van der Waals surface area contributed by atoms with E-state index in [1.54, 1.807) is 0 Å². The molecule has 0 unspecified atom stereocenters. The second-order valence-electron chi connectivity index (χ2n) is 2.84. The minimum atomic E-state index is -4.25. The summed E-state index contributed by atoms with van der Waals surface area (Å²) < 4.78 is 37.4. The van der Waals surface area contributed by atoms with Gasteiger partial charge in [0.05, 0.1) is 10.2 Å². The first-order chi connectivity index (χ1) is 7.29. The molecule has 1 rings (SSSR count). The van der Waals surface area contributed by atoms with Crippen LogP contribution in [0.4, 0.5) is 13.2 Å². The summed E-state index contributed by atoms with van der Waals surface area (Å²) in [7, 11) is 0. The summed E-state index contributed by atoms with van der Waals surface area (Å²) in [6.07, 6.45) is 1.29. The Balaban J connectivity index is 2.58. The number of nitrogens with zero attached hydrogens (tertiary/aromatic N) is 1. The second kappa shape index (κ2) is 5.13. The molecule has 0 spiro atoms. The summed E-state index contributed by atoms with van der Waals surface area (Å²) in [6.45, 7) is 0.0953. The van der Waals surface area contributed by atoms with Crippen molar-refractivity contribution < 1.29 is 23.1 Å². The molecule has 0 atom stereocenters. The number of alkyl halides is 3. The van der Waals surface area contributed by atoms with Crippen LogP contribution < -0.4 is 0 Å². The van der Waals surface area contributed by atoms with Crippen LogP contribution in [-0.2, 0) is 6.54 Å². The van der Waals surface area contributed by atoms with E-state index in [9.17, 15) is 18.0 Å². The molecule has 0 aliphatic heterocycles. The van der Waals surface area contributed by atoms with Crippen molar-refractivity contribution in [3.05, 3.63) is 22.4 Å². The third-order valence-electron chi connectivity index (χ3n) is 1.69. The minimum Gasteiger partial charge on any atom is -0.478 e. The van der Waals surface area contributed by atoms with Gasteiger partial charge in [0.25, 0.3) is 0 Å². The average Bonchev–Trinajstić information content (AvgIpc) is 2.46. The number of aromatic nitrogens is 1. The predicted octanol–water partition coefficient (Wildman–Crippen LogP) is 3.20. The van der Waals surface area contributed by atoms with Crippen molar-refractivity contribution >= 4 is 33.7 Å². The Kier molecular flexibility index (Phi) is 4.31. The van der Waals surface area contributed by atoms with Crippen molar-refractivity contribution in [3.63, 3.8) is 0 Å². The van der Waals surface area contributed by atoms with Crippen LogP contribution >= 0.6 is 27.7 Å². The monoisotopic (exact) mass is 317 g/mol. The lowest BCUT2D eigenvalue weighted by molar-refractivity contribution is -0.0328. The average molecular weight is 318 g/mol. The molecule has 1 aromatic heterocycles. The zero-order valence-electron chi connectivity index (χ0n) is 7.79. The molecule has 0 fully saturated rings. The van der Waals surface area contributed by atoms with Gasteiger partial charge in [-0.05, 0) is 33.8 Å². The Morgan fingerprint density at radius 2 is 2.19 bits per heavy atom. The fourth-order valence-electron chi connectivity index (χ4n) is 1.03. The lowest BCUT2D eigenvalue weighted by atomic mass is 10.4. The highest BCUT2D eigenvalue weighted by Gasteiger charge is 2.27. The molecule has 90 valence electrons. The van der Waals surface area contributed by atoms with E-state index in [0.717, 1.165) is 0 Å². The fraction of sp³-hybridized carbons (Fsp3) is 0.375. The maximum absolute atomic E-state index is 11.8. The topological polar surface area (TPSA) is 42.2 Å². The van der Waals surface area contributed by atoms with E-state index in [0.29, 0.717) is 4.60 Å². The van der Waals surface area contributed by atoms with Crippen molar-refractivity contribution in [3.8, 4) is 0 Å². The lowest BCUT2D eigenvalue weighted by Gasteiger charge is -2.06. The summed E-state index contributed by atoms with van der Waals surface area (Å²) in [5.41, 5.74) is -4.21. The summed E-state index contributed by atoms with van der Waals surface area (Å²) in [5, 5.41) is 8.66. The van der Waals surface area contributed by atoms with Crippen LogP contribution in [0.1, 0.15) is 10.4 Å². The molecule has 0 radical (unpaired) electrons. The van der Waals surface area contributed by atoms with E-state index in [2.05, 4.69) is 15.9 Å². The molecule has 0 saturated carbocycles. The van der Waals surface area contributed by atoms with Crippen LogP contribution in [0.25, 0.3) is 0 Å². The Bertz CT molecular complexity index is 391. The Labute approximate surface area is 102 Å². The number of thioether (sulfide) groups is 1. The van der Waals surface area contributed by atoms with E-state index >= 15 is 0 Å². The number of carbonyl (C=O) groups is 1. The number of rotatable bonds is 4. The molecule has 0 aliphatic carbocycles. The highest BCUT2D eigenvalue weighted by molar-refractivity contribution is 9.10. The summed E-state index contributed by atoms with van der Waals surface area (Å²) in [5.74, 6) is -1.27. The Morgan fingerprint density at radius 1 is 1.56 bits per heavy atom. The van der Waals surface area contributed by atoms with Crippen LogP contribution in [0.3, 0.4) is 0 Å². The van der Waals surface area contributed by atoms with Crippen LogP contribution in [0, 0.1) is 0 Å². The van der Waals surface area contributed by atoms with Crippen molar-refractivity contribution in [1.82, 2.24) is 4.57 Å². The maximum atomic E-state index is 11.8. The SMILES string of the molecule is O=C(O)c1cc(Br)n(CCSC(F)(F)F)c1. The largest absolute Gasteiger partial charge is 0.478 e. The van der Waals surface area contributed by atoms with Gasteiger partial charge in [-0.25, -0.2) is 4.79 Å². The molecule has 8 heteroatoms. The summed E-state index contributed by atoms with van der Waals surface area (Å²) >= 11 is 2.94. The molecular formula is C8H7BrF3NO2S. The number of carboxylic acids is 1. The van der Waals surface area contributed by atoms with Gasteiger partial charge in [0, 0.05) is 18.5 Å². The lowest BCUT2D eigenvalue weighted by Crippen LogP contribution is -2.06. The number of aryl methyl sites for hydroxylation is 1. The van der Waals surface area contributed by atoms with Crippen molar-refractivity contribution in [1.29, 1.82) is 0 Å². The Hall–Kier alpha value is -0.630. The quantitative estimate of drug-likeness (QED) is 0.927. The molecule has 3 nitrogen and oxygen atoms in total. The molecule has 1 heterocycles. The van der Waals surface area contributed by atoms with Gasteiger partial charge in [-0.1, -0.05) is 0 Å². The zero-order valence-corrected chi connectivity index (χ0v) is 10.2.